The van der Waals surface area contributed by atoms with E-state index in [-0.39, 0.29) is 16.7 Å². The number of hydrogen-bond acceptors (Lipinski definition) is 2. The van der Waals surface area contributed by atoms with Crippen LogP contribution in [0.3, 0.4) is 0 Å². The van der Waals surface area contributed by atoms with Crippen LogP contribution >= 0.6 is 0 Å². The van der Waals surface area contributed by atoms with Gasteiger partial charge in [-0.05, 0) is 27.2 Å². The molecule has 0 bridgehead atoms. The zero-order valence-electron chi connectivity index (χ0n) is 10.9. The van der Waals surface area contributed by atoms with Crippen LogP contribution in [0.2, 0.25) is 0 Å². The summed E-state index contributed by atoms with van der Waals surface area (Å²) in [4.78, 5) is 12.0. The summed E-state index contributed by atoms with van der Waals surface area (Å²) >= 11 is 0. The standard InChI is InChI=1S/C11H22N2O3S/c1-5-9(12-17(16)11(2,3)4)8-6-13(7-8)10(14)15/h8-9,12H,5-7H2,1-4H3,(H,14,15)/t9-,17+/m0/s1. The van der Waals surface area contributed by atoms with Gasteiger partial charge in [-0.25, -0.2) is 13.7 Å². The molecule has 2 atom stereocenters. The van der Waals surface area contributed by atoms with E-state index in [9.17, 15) is 9.00 Å². The van der Waals surface area contributed by atoms with Crippen molar-refractivity contribution in [1.29, 1.82) is 0 Å². The molecule has 0 aromatic heterocycles. The fraction of sp³-hybridized carbons (Fsp3) is 0.909. The van der Waals surface area contributed by atoms with E-state index in [0.29, 0.717) is 13.1 Å². The van der Waals surface area contributed by atoms with Gasteiger partial charge in [-0.1, -0.05) is 6.92 Å². The number of likely N-dealkylation sites (tertiary alicyclic amines) is 1. The molecule has 1 fully saturated rings. The molecule has 1 aliphatic heterocycles. The first-order chi connectivity index (χ1) is 7.75. The van der Waals surface area contributed by atoms with E-state index in [1.54, 1.807) is 0 Å². The maximum absolute atomic E-state index is 12.0. The molecule has 0 aromatic rings. The van der Waals surface area contributed by atoms with Crippen LogP contribution in [-0.2, 0) is 11.0 Å². The Balaban J connectivity index is 2.46. The van der Waals surface area contributed by atoms with E-state index in [1.807, 2.05) is 27.7 Å². The molecule has 6 heteroatoms. The van der Waals surface area contributed by atoms with E-state index >= 15 is 0 Å². The molecule has 1 aliphatic rings. The molecule has 0 saturated carbocycles. The van der Waals surface area contributed by atoms with Crippen molar-refractivity contribution < 1.29 is 14.1 Å². The fourth-order valence-corrected chi connectivity index (χ4v) is 2.74. The first kappa shape index (κ1) is 14.4. The summed E-state index contributed by atoms with van der Waals surface area (Å²) in [6.07, 6.45) is -0.00649. The van der Waals surface area contributed by atoms with Gasteiger partial charge < -0.3 is 10.0 Å². The minimum Gasteiger partial charge on any atom is -0.465 e. The SMILES string of the molecule is CC[C@H](N[S@](=O)C(C)(C)C)C1CN(C(=O)O)C1. The first-order valence-corrected chi connectivity index (χ1v) is 7.06. The van der Waals surface area contributed by atoms with Crippen molar-refractivity contribution in [2.24, 2.45) is 5.92 Å². The zero-order valence-corrected chi connectivity index (χ0v) is 11.7. The molecule has 2 N–H and O–H groups in total. The first-order valence-electron chi connectivity index (χ1n) is 5.91. The number of rotatable bonds is 4. The molecule has 1 amide bonds. The van der Waals surface area contributed by atoms with Gasteiger partial charge in [0.15, 0.2) is 0 Å². The van der Waals surface area contributed by atoms with E-state index in [2.05, 4.69) is 4.72 Å². The molecule has 1 rings (SSSR count). The van der Waals surface area contributed by atoms with Crippen molar-refractivity contribution in [3.63, 3.8) is 0 Å². The predicted molar refractivity (Wildman–Crippen MR) is 68.2 cm³/mol. The Bertz CT molecular complexity index is 308. The summed E-state index contributed by atoms with van der Waals surface area (Å²) in [6.45, 7) is 8.89. The number of amides is 1. The van der Waals surface area contributed by atoms with Gasteiger partial charge in [0.1, 0.15) is 0 Å². The van der Waals surface area contributed by atoms with Crippen molar-refractivity contribution >= 4 is 17.1 Å². The van der Waals surface area contributed by atoms with Crippen molar-refractivity contribution in [2.45, 2.75) is 44.9 Å². The highest BCUT2D eigenvalue weighted by atomic mass is 32.2. The van der Waals surface area contributed by atoms with Gasteiger partial charge in [-0.3, -0.25) is 0 Å². The lowest BCUT2D eigenvalue weighted by Gasteiger charge is -2.42. The van der Waals surface area contributed by atoms with Crippen LogP contribution in [0.25, 0.3) is 0 Å². The maximum atomic E-state index is 12.0. The van der Waals surface area contributed by atoms with Crippen LogP contribution in [0.4, 0.5) is 4.79 Å². The van der Waals surface area contributed by atoms with Gasteiger partial charge in [0, 0.05) is 25.0 Å². The van der Waals surface area contributed by atoms with Crippen LogP contribution in [0.5, 0.6) is 0 Å². The Hall–Kier alpha value is -0.620. The molecule has 0 spiro atoms. The topological polar surface area (TPSA) is 69.6 Å². The third-order valence-corrected chi connectivity index (χ3v) is 4.63. The lowest BCUT2D eigenvalue weighted by Crippen LogP contribution is -2.58. The average molecular weight is 262 g/mol. The van der Waals surface area contributed by atoms with Gasteiger partial charge in [-0.15, -0.1) is 0 Å². The van der Waals surface area contributed by atoms with Crippen LogP contribution in [-0.4, -0.2) is 44.2 Å². The quantitative estimate of drug-likeness (QED) is 0.805. The molecule has 1 heterocycles. The van der Waals surface area contributed by atoms with Crippen LogP contribution in [0.15, 0.2) is 0 Å². The zero-order chi connectivity index (χ0) is 13.2. The summed E-state index contributed by atoms with van der Waals surface area (Å²) < 4.78 is 14.8. The molecule has 0 aliphatic carbocycles. The minimum atomic E-state index is -1.09. The third kappa shape index (κ3) is 3.67. The van der Waals surface area contributed by atoms with Gasteiger partial charge in [0.2, 0.25) is 0 Å². The molecule has 17 heavy (non-hydrogen) atoms. The molecule has 100 valence electrons. The molecule has 0 radical (unpaired) electrons. The molecule has 0 aromatic carbocycles. The summed E-state index contributed by atoms with van der Waals surface area (Å²) in [5.41, 5.74) is 0. The van der Waals surface area contributed by atoms with Gasteiger partial charge in [0.25, 0.3) is 0 Å². The van der Waals surface area contributed by atoms with Crippen molar-refractivity contribution in [3.05, 3.63) is 0 Å². The lowest BCUT2D eigenvalue weighted by molar-refractivity contribution is 0.0680. The largest absolute Gasteiger partial charge is 0.465 e. The smallest absolute Gasteiger partial charge is 0.407 e. The Labute approximate surface area is 105 Å². The molecular weight excluding hydrogens is 240 g/mol. The second-order valence-electron chi connectivity index (χ2n) is 5.46. The number of carboxylic acid groups (broad SMARTS) is 1. The van der Waals surface area contributed by atoms with E-state index in [4.69, 9.17) is 5.11 Å². The van der Waals surface area contributed by atoms with Crippen LogP contribution in [0.1, 0.15) is 34.1 Å². The summed E-state index contributed by atoms with van der Waals surface area (Å²) in [6, 6.07) is 0.130. The van der Waals surface area contributed by atoms with Gasteiger partial charge in [-0.2, -0.15) is 0 Å². The normalized spacial score (nSPS) is 20.8. The average Bonchev–Trinajstić information content (AvgIpc) is 2.11. The van der Waals surface area contributed by atoms with Gasteiger partial charge in [0.05, 0.1) is 15.7 Å². The van der Waals surface area contributed by atoms with Crippen molar-refractivity contribution in [3.8, 4) is 0 Å². The highest BCUT2D eigenvalue weighted by Gasteiger charge is 2.37. The Kier molecular flexibility index (Phi) is 4.55. The molecule has 0 unspecified atom stereocenters. The third-order valence-electron chi connectivity index (χ3n) is 3.00. The number of nitrogens with one attached hydrogen (secondary N) is 1. The van der Waals surface area contributed by atoms with E-state index in [1.165, 1.54) is 4.90 Å². The van der Waals surface area contributed by atoms with E-state index in [0.717, 1.165) is 6.42 Å². The summed E-state index contributed by atoms with van der Waals surface area (Å²) in [5.74, 6) is 0.280. The Morgan fingerprint density at radius 2 is 2.06 bits per heavy atom. The van der Waals surface area contributed by atoms with Crippen molar-refractivity contribution in [1.82, 2.24) is 9.62 Å². The Morgan fingerprint density at radius 1 is 1.53 bits per heavy atom. The van der Waals surface area contributed by atoms with Crippen LogP contribution < -0.4 is 4.72 Å². The maximum Gasteiger partial charge on any atom is 0.407 e. The number of hydrogen-bond donors (Lipinski definition) is 2. The molecule has 1 saturated heterocycles. The second-order valence-corrected chi connectivity index (χ2v) is 7.46. The molecular formula is C11H22N2O3S. The van der Waals surface area contributed by atoms with Gasteiger partial charge >= 0.3 is 6.09 Å². The lowest BCUT2D eigenvalue weighted by atomic mass is 9.91. The summed E-state index contributed by atoms with van der Waals surface area (Å²) in [5, 5.41) is 8.76. The summed E-state index contributed by atoms with van der Waals surface area (Å²) in [7, 11) is -1.09. The number of nitrogens with zero attached hydrogens (tertiary/aromatic N) is 1. The predicted octanol–water partition coefficient (Wildman–Crippen LogP) is 1.43. The molecule has 5 nitrogen and oxygen atoms in total. The number of carbonyl (C=O) groups is 1. The second kappa shape index (κ2) is 5.35. The fourth-order valence-electron chi connectivity index (χ4n) is 1.75. The Morgan fingerprint density at radius 3 is 2.41 bits per heavy atom. The van der Waals surface area contributed by atoms with E-state index < -0.39 is 17.1 Å². The highest BCUT2D eigenvalue weighted by Crippen LogP contribution is 2.22. The minimum absolute atomic E-state index is 0.130. The van der Waals surface area contributed by atoms with Crippen molar-refractivity contribution in [2.75, 3.05) is 13.1 Å². The van der Waals surface area contributed by atoms with Crippen LogP contribution in [0, 0.1) is 5.92 Å². The monoisotopic (exact) mass is 262 g/mol. The highest BCUT2D eigenvalue weighted by molar-refractivity contribution is 7.84.